The maximum atomic E-state index is 6.11. The second kappa shape index (κ2) is 10.6. The van der Waals surface area contributed by atoms with Crippen LogP contribution in [0, 0.1) is 0 Å². The van der Waals surface area contributed by atoms with E-state index in [4.69, 9.17) is 5.73 Å². The zero-order chi connectivity index (χ0) is 26.0. The van der Waals surface area contributed by atoms with E-state index < -0.39 is 0 Å². The smallest absolute Gasteiger partial charge is 0.283 e. The van der Waals surface area contributed by atoms with E-state index in [1.54, 1.807) is 0 Å². The van der Waals surface area contributed by atoms with Crippen molar-refractivity contribution in [2.45, 2.75) is 44.0 Å². The lowest BCUT2D eigenvalue weighted by molar-refractivity contribution is -0.554. The lowest BCUT2D eigenvalue weighted by Crippen LogP contribution is -2.52. The number of thioether (sulfide) groups is 1. The zero-order valence-corrected chi connectivity index (χ0v) is 23.1. The third kappa shape index (κ3) is 4.86. The molecule has 5 heteroatoms. The lowest BCUT2D eigenvalue weighted by atomic mass is 9.96. The first kappa shape index (κ1) is 25.4. The molecular weight excluding hydrogens is 472 g/mol. The standard InChI is InChI=1S/C32H37N4S/c1-5-21-35(32(2,3)19-20-33)30-22-24(23-31-34(4)28-17-11-12-18-29(28)37-31)26-15-9-10-16-27(26)36(30)25-13-7-6-8-14-25/h6-18,22-23H,5,19-21,33H2,1-4H3/q+1. The first-order valence-electron chi connectivity index (χ1n) is 13.2. The number of fused-ring (bicyclic) bond motifs is 2. The van der Waals surface area contributed by atoms with Crippen LogP contribution in [0.4, 0.5) is 11.5 Å². The Bertz CT molecular complexity index is 1430. The van der Waals surface area contributed by atoms with Crippen molar-refractivity contribution in [3.05, 3.63) is 95.5 Å². The van der Waals surface area contributed by atoms with Crippen molar-refractivity contribution >= 4 is 40.2 Å². The molecule has 1 aliphatic rings. The van der Waals surface area contributed by atoms with Crippen LogP contribution in [0.25, 0.3) is 22.7 Å². The normalized spacial score (nSPS) is 14.4. The van der Waals surface area contributed by atoms with Gasteiger partial charge in [-0.15, -0.1) is 0 Å². The molecule has 0 radical (unpaired) electrons. The van der Waals surface area contributed by atoms with Gasteiger partial charge in [-0.3, -0.25) is 4.90 Å². The van der Waals surface area contributed by atoms with Gasteiger partial charge in [-0.25, -0.2) is 0 Å². The monoisotopic (exact) mass is 509 g/mol. The molecule has 0 unspecified atom stereocenters. The van der Waals surface area contributed by atoms with E-state index in [0.717, 1.165) is 25.1 Å². The molecule has 0 saturated heterocycles. The van der Waals surface area contributed by atoms with Crippen LogP contribution in [-0.4, -0.2) is 25.7 Å². The van der Waals surface area contributed by atoms with E-state index in [2.05, 4.69) is 133 Å². The van der Waals surface area contributed by atoms with Gasteiger partial charge >= 0.3 is 0 Å². The fraction of sp³-hybridized carbons (Fsp3) is 0.281. The predicted octanol–water partition coefficient (Wildman–Crippen LogP) is 7.00. The van der Waals surface area contributed by atoms with Crippen LogP contribution in [0.2, 0.25) is 0 Å². The Morgan fingerprint density at radius 3 is 2.41 bits per heavy atom. The van der Waals surface area contributed by atoms with Gasteiger partial charge in [0.15, 0.2) is 0 Å². The number of hydrogen-bond acceptors (Lipinski definition) is 4. The minimum absolute atomic E-state index is 0.0940. The van der Waals surface area contributed by atoms with Crippen LogP contribution in [0.1, 0.15) is 39.2 Å². The van der Waals surface area contributed by atoms with E-state index in [1.807, 2.05) is 11.8 Å². The first-order chi connectivity index (χ1) is 17.9. The van der Waals surface area contributed by atoms with Crippen molar-refractivity contribution in [1.82, 2.24) is 0 Å². The number of nitrogens with two attached hydrogens (primary N) is 1. The van der Waals surface area contributed by atoms with Gasteiger partial charge in [0, 0.05) is 29.8 Å². The minimum atomic E-state index is -0.0940. The number of hydrogen-bond donors (Lipinski definition) is 1. The molecule has 4 aromatic rings. The van der Waals surface area contributed by atoms with Crippen LogP contribution in [0.5, 0.6) is 0 Å². The summed E-state index contributed by atoms with van der Waals surface area (Å²) in [6, 6.07) is 30.5. The van der Waals surface area contributed by atoms with Crippen molar-refractivity contribution in [2.75, 3.05) is 29.9 Å². The third-order valence-corrected chi connectivity index (χ3v) is 8.41. The number of aromatic nitrogens is 1. The number of pyridine rings is 1. The van der Waals surface area contributed by atoms with Gasteiger partial charge in [-0.2, -0.15) is 4.57 Å². The highest BCUT2D eigenvalue weighted by molar-refractivity contribution is 8.03. The lowest BCUT2D eigenvalue weighted by Gasteiger charge is -2.34. The number of anilines is 2. The van der Waals surface area contributed by atoms with Crippen molar-refractivity contribution in [3.8, 4) is 5.69 Å². The van der Waals surface area contributed by atoms with Gasteiger partial charge in [0.25, 0.3) is 5.82 Å². The molecule has 2 heterocycles. The number of rotatable bonds is 8. The molecule has 37 heavy (non-hydrogen) atoms. The molecular formula is C32H37N4S+. The molecule has 0 fully saturated rings. The second-order valence-electron chi connectivity index (χ2n) is 10.3. The Kier molecular flexibility index (Phi) is 7.27. The highest BCUT2D eigenvalue weighted by Crippen LogP contribution is 2.46. The first-order valence-corrected chi connectivity index (χ1v) is 14.0. The summed E-state index contributed by atoms with van der Waals surface area (Å²) in [6.45, 7) is 8.49. The molecule has 1 aromatic heterocycles. The maximum absolute atomic E-state index is 6.11. The van der Waals surface area contributed by atoms with E-state index in [1.165, 1.54) is 37.9 Å². The molecule has 5 rings (SSSR count). The van der Waals surface area contributed by atoms with Gasteiger partial charge in [0.1, 0.15) is 16.7 Å². The molecule has 1 aliphatic heterocycles. The summed E-state index contributed by atoms with van der Waals surface area (Å²) >= 11 is 1.84. The summed E-state index contributed by atoms with van der Waals surface area (Å²) in [4.78, 5) is 6.16. The zero-order valence-electron chi connectivity index (χ0n) is 22.3. The molecule has 190 valence electrons. The molecule has 0 atom stereocenters. The second-order valence-corrected chi connectivity index (χ2v) is 11.3. The number of benzene rings is 3. The fourth-order valence-corrected chi connectivity index (χ4v) is 6.41. The highest BCUT2D eigenvalue weighted by atomic mass is 32.2. The van der Waals surface area contributed by atoms with Crippen molar-refractivity contribution in [2.24, 2.45) is 5.73 Å². The summed E-state index contributed by atoms with van der Waals surface area (Å²) in [5, 5.41) is 2.47. The molecule has 2 N–H and O–H groups in total. The third-order valence-electron chi connectivity index (χ3n) is 7.25. The van der Waals surface area contributed by atoms with Crippen molar-refractivity contribution < 1.29 is 4.57 Å². The van der Waals surface area contributed by atoms with Crippen LogP contribution in [0.15, 0.2) is 94.9 Å². The van der Waals surface area contributed by atoms with E-state index in [0.29, 0.717) is 6.54 Å². The minimum Gasteiger partial charge on any atom is -0.338 e. The Morgan fingerprint density at radius 1 is 0.973 bits per heavy atom. The van der Waals surface area contributed by atoms with Crippen molar-refractivity contribution in [3.63, 3.8) is 0 Å². The Labute approximate surface area is 225 Å². The summed E-state index contributed by atoms with van der Waals surface area (Å²) in [7, 11) is 2.16. The van der Waals surface area contributed by atoms with E-state index in [-0.39, 0.29) is 5.54 Å². The maximum Gasteiger partial charge on any atom is 0.283 e. The Balaban J connectivity index is 1.78. The average Bonchev–Trinajstić information content (AvgIpc) is 3.22. The summed E-state index contributed by atoms with van der Waals surface area (Å²) in [6.07, 6.45) is 4.32. The fourth-order valence-electron chi connectivity index (χ4n) is 5.30. The topological polar surface area (TPSA) is 36.4 Å². The van der Waals surface area contributed by atoms with Crippen molar-refractivity contribution in [1.29, 1.82) is 0 Å². The molecule has 0 spiro atoms. The quantitative estimate of drug-likeness (QED) is 0.259. The highest BCUT2D eigenvalue weighted by Gasteiger charge is 2.36. The summed E-state index contributed by atoms with van der Waals surface area (Å²) in [5.74, 6) is 1.19. The molecule has 4 nitrogen and oxygen atoms in total. The van der Waals surface area contributed by atoms with E-state index >= 15 is 0 Å². The molecule has 0 bridgehead atoms. The van der Waals surface area contributed by atoms with E-state index in [9.17, 15) is 0 Å². The Morgan fingerprint density at radius 2 is 1.68 bits per heavy atom. The van der Waals surface area contributed by atoms with Gasteiger partial charge in [0.05, 0.1) is 17.3 Å². The summed E-state index contributed by atoms with van der Waals surface area (Å²) < 4.78 is 2.42. The molecule has 0 saturated carbocycles. The predicted molar refractivity (Wildman–Crippen MR) is 160 cm³/mol. The van der Waals surface area contributed by atoms with Crippen LogP contribution in [-0.2, 0) is 0 Å². The van der Waals surface area contributed by atoms with Gasteiger partial charge in [-0.1, -0.05) is 67.2 Å². The van der Waals surface area contributed by atoms with Gasteiger partial charge in [0.2, 0.25) is 0 Å². The van der Waals surface area contributed by atoms with Gasteiger partial charge < -0.3 is 10.6 Å². The molecule has 3 aromatic carbocycles. The molecule has 0 amide bonds. The SMILES string of the molecule is CCCN(c1cc(/C=C2/Sc3ccccc3N2C)c2ccccc2[n+]1-c1ccccc1)C(C)(C)CCN. The number of para-hydroxylation sites is 3. The average molecular weight is 510 g/mol. The van der Waals surface area contributed by atoms with Crippen LogP contribution < -0.4 is 20.1 Å². The van der Waals surface area contributed by atoms with Crippen LogP contribution >= 0.6 is 11.8 Å². The summed E-state index contributed by atoms with van der Waals surface area (Å²) in [5.41, 5.74) is 10.9. The largest absolute Gasteiger partial charge is 0.338 e. The Hall–Kier alpha value is -3.28. The number of nitrogens with zero attached hydrogens (tertiary/aromatic N) is 3. The molecule has 0 aliphatic carbocycles. The van der Waals surface area contributed by atoms with Gasteiger partial charge in [-0.05, 0) is 68.8 Å². The van der Waals surface area contributed by atoms with Crippen LogP contribution in [0.3, 0.4) is 0 Å².